The fourth-order valence-corrected chi connectivity index (χ4v) is 7.25. The van der Waals surface area contributed by atoms with Crippen LogP contribution in [0.3, 0.4) is 0 Å². The van der Waals surface area contributed by atoms with Crippen LogP contribution in [0, 0.1) is 5.92 Å². The largest absolute Gasteiger partial charge is 0.478 e. The molecule has 0 saturated carbocycles. The normalized spacial score (nSPS) is 18.7. The van der Waals surface area contributed by atoms with Gasteiger partial charge in [-0.3, -0.25) is 0 Å². The maximum Gasteiger partial charge on any atom is 0.336 e. The van der Waals surface area contributed by atoms with Gasteiger partial charge < -0.3 is 30.3 Å². The van der Waals surface area contributed by atoms with Crippen LogP contribution in [0.15, 0.2) is 132 Å². The number of hydrogen-bond acceptors (Lipinski definition) is 6. The van der Waals surface area contributed by atoms with Gasteiger partial charge in [0, 0.05) is 35.2 Å². The van der Waals surface area contributed by atoms with Crippen LogP contribution in [0.2, 0.25) is 0 Å². The smallest absolute Gasteiger partial charge is 0.336 e. The van der Waals surface area contributed by atoms with Gasteiger partial charge in [0.15, 0.2) is 6.29 Å². The Hall–Kier alpha value is -4.93. The van der Waals surface area contributed by atoms with Crippen LogP contribution < -0.4 is 10.6 Å². The molecule has 4 unspecified atom stereocenters. The molecule has 0 aliphatic carbocycles. The predicted octanol–water partition coefficient (Wildman–Crippen LogP) is 8.13. The summed E-state index contributed by atoms with van der Waals surface area (Å²) in [6, 6.07) is 40.4. The number of benzene rings is 5. The first-order valence-electron chi connectivity index (χ1n) is 16.6. The molecule has 1 heterocycles. The molecule has 9 heteroatoms. The van der Waals surface area contributed by atoms with Crippen molar-refractivity contribution in [2.75, 3.05) is 5.75 Å². The third-order valence-electron chi connectivity index (χ3n) is 8.89. The molecule has 4 atom stereocenters. The molecule has 2 amide bonds. The number of aliphatic hydroxyl groups is 1. The van der Waals surface area contributed by atoms with Crippen LogP contribution in [0.1, 0.15) is 57.5 Å². The van der Waals surface area contributed by atoms with Crippen LogP contribution in [0.4, 0.5) is 4.79 Å². The second-order valence-corrected chi connectivity index (χ2v) is 13.3. The van der Waals surface area contributed by atoms with E-state index in [0.717, 1.165) is 38.9 Å². The lowest BCUT2D eigenvalue weighted by Crippen LogP contribution is -2.38. The van der Waals surface area contributed by atoms with Gasteiger partial charge in [0.25, 0.3) is 0 Å². The summed E-state index contributed by atoms with van der Waals surface area (Å²) in [5.41, 5.74) is 6.94. The summed E-state index contributed by atoms with van der Waals surface area (Å²) in [7, 11) is 0. The minimum Gasteiger partial charge on any atom is -0.478 e. The number of urea groups is 1. The van der Waals surface area contributed by atoms with Gasteiger partial charge in [-0.1, -0.05) is 122 Å². The Kier molecular flexibility index (Phi) is 11.6. The van der Waals surface area contributed by atoms with Gasteiger partial charge in [-0.05, 0) is 45.5 Å². The van der Waals surface area contributed by atoms with E-state index in [9.17, 15) is 19.8 Å². The highest BCUT2D eigenvalue weighted by Crippen LogP contribution is 2.43. The summed E-state index contributed by atoms with van der Waals surface area (Å²) in [5.74, 6) is -0.467. The first-order chi connectivity index (χ1) is 24.4. The van der Waals surface area contributed by atoms with E-state index in [1.165, 1.54) is 11.8 Å². The van der Waals surface area contributed by atoms with Crippen molar-refractivity contribution in [3.8, 4) is 11.1 Å². The van der Waals surface area contributed by atoms with Crippen molar-refractivity contribution in [3.05, 3.63) is 161 Å². The van der Waals surface area contributed by atoms with Gasteiger partial charge in [0.05, 0.1) is 24.4 Å². The lowest BCUT2D eigenvalue weighted by atomic mass is 9.91. The standard InChI is InChI=1S/C41H40N2O6S/c1-27-36(26-50-37-14-8-7-13-35(37)39(45)46)48-40(49-38(27)31-17-15-29(25-44)16-18-31)32-21-19-30(20-22-32)34-12-6-5-11-33(34)24-43-41(47)42-23-28-9-3-2-4-10-28/h2-22,27,36,38,40,44H,23-26H2,1H3,(H,45,46)(H2,42,43,47). The number of carbonyl (C=O) groups is 2. The van der Waals surface area contributed by atoms with Crippen molar-refractivity contribution in [2.24, 2.45) is 5.92 Å². The SMILES string of the molecule is CC1C(CSc2ccccc2C(=O)O)OC(c2ccc(-c3ccccc3CNC(=O)NCc3ccccc3)cc2)OC1c1ccc(CO)cc1. The van der Waals surface area contributed by atoms with Crippen LogP contribution in [0.5, 0.6) is 0 Å². The Morgan fingerprint density at radius 1 is 0.720 bits per heavy atom. The second kappa shape index (κ2) is 16.7. The summed E-state index contributed by atoms with van der Waals surface area (Å²) >= 11 is 1.47. The summed E-state index contributed by atoms with van der Waals surface area (Å²) in [4.78, 5) is 25.1. The topological polar surface area (TPSA) is 117 Å². The zero-order valence-electron chi connectivity index (χ0n) is 27.7. The Morgan fingerprint density at radius 3 is 2.12 bits per heavy atom. The molecule has 0 aromatic heterocycles. The molecule has 5 aromatic carbocycles. The monoisotopic (exact) mass is 688 g/mol. The number of thioether (sulfide) groups is 1. The minimum atomic E-state index is -0.961. The quantitative estimate of drug-likeness (QED) is 0.0979. The lowest BCUT2D eigenvalue weighted by molar-refractivity contribution is -0.268. The maximum absolute atomic E-state index is 12.6. The molecule has 256 valence electrons. The lowest BCUT2D eigenvalue weighted by Gasteiger charge is -2.41. The van der Waals surface area contributed by atoms with Crippen LogP contribution in [-0.2, 0) is 29.2 Å². The van der Waals surface area contributed by atoms with E-state index in [-0.39, 0.29) is 36.3 Å². The molecule has 1 saturated heterocycles. The zero-order valence-corrected chi connectivity index (χ0v) is 28.5. The minimum absolute atomic E-state index is 0.0393. The summed E-state index contributed by atoms with van der Waals surface area (Å²) in [6.07, 6.45) is -1.20. The van der Waals surface area contributed by atoms with Gasteiger partial charge in [-0.25, -0.2) is 9.59 Å². The third kappa shape index (κ3) is 8.61. The summed E-state index contributed by atoms with van der Waals surface area (Å²) in [5, 5.41) is 25.2. The summed E-state index contributed by atoms with van der Waals surface area (Å²) in [6.45, 7) is 2.86. The third-order valence-corrected chi connectivity index (χ3v) is 10.1. The second-order valence-electron chi connectivity index (χ2n) is 12.2. The molecule has 50 heavy (non-hydrogen) atoms. The van der Waals surface area contributed by atoms with Crippen molar-refractivity contribution in [2.45, 2.75) is 50.0 Å². The molecule has 0 spiro atoms. The van der Waals surface area contributed by atoms with Gasteiger partial charge in [-0.2, -0.15) is 0 Å². The highest BCUT2D eigenvalue weighted by molar-refractivity contribution is 7.99. The molecule has 6 rings (SSSR count). The Labute approximate surface area is 296 Å². The number of hydrogen-bond donors (Lipinski definition) is 4. The molecule has 1 aliphatic heterocycles. The fourth-order valence-electron chi connectivity index (χ4n) is 6.04. The number of carbonyl (C=O) groups excluding carboxylic acids is 1. The number of aromatic carboxylic acids is 1. The molecule has 1 fully saturated rings. The number of rotatable bonds is 12. The average Bonchev–Trinajstić information content (AvgIpc) is 3.16. The molecular formula is C41H40N2O6S. The van der Waals surface area contributed by atoms with Gasteiger partial charge >= 0.3 is 12.0 Å². The van der Waals surface area contributed by atoms with E-state index >= 15 is 0 Å². The van der Waals surface area contributed by atoms with Crippen molar-refractivity contribution in [1.82, 2.24) is 10.6 Å². The molecule has 0 bridgehead atoms. The van der Waals surface area contributed by atoms with E-state index in [4.69, 9.17) is 9.47 Å². The van der Waals surface area contributed by atoms with E-state index in [1.807, 2.05) is 115 Å². The predicted molar refractivity (Wildman–Crippen MR) is 194 cm³/mol. The zero-order chi connectivity index (χ0) is 34.9. The number of carboxylic acids is 1. The molecular weight excluding hydrogens is 649 g/mol. The number of aliphatic hydroxyl groups excluding tert-OH is 1. The van der Waals surface area contributed by atoms with Crippen LogP contribution >= 0.6 is 11.8 Å². The van der Waals surface area contributed by atoms with Crippen molar-refractivity contribution in [3.63, 3.8) is 0 Å². The molecule has 0 radical (unpaired) electrons. The molecule has 8 nitrogen and oxygen atoms in total. The summed E-state index contributed by atoms with van der Waals surface area (Å²) < 4.78 is 13.2. The molecule has 1 aliphatic rings. The van der Waals surface area contributed by atoms with E-state index < -0.39 is 12.3 Å². The number of ether oxygens (including phenoxy) is 2. The Morgan fingerprint density at radius 2 is 1.38 bits per heavy atom. The Balaban J connectivity index is 1.18. The number of nitrogens with one attached hydrogen (secondary N) is 2. The van der Waals surface area contributed by atoms with Crippen molar-refractivity contribution in [1.29, 1.82) is 0 Å². The maximum atomic E-state index is 12.6. The van der Waals surface area contributed by atoms with Crippen LogP contribution in [0.25, 0.3) is 11.1 Å². The average molecular weight is 689 g/mol. The Bertz CT molecular complexity index is 1880. The van der Waals surface area contributed by atoms with Crippen molar-refractivity contribution < 1.29 is 29.3 Å². The van der Waals surface area contributed by atoms with E-state index in [1.54, 1.807) is 12.1 Å². The highest BCUT2D eigenvalue weighted by atomic mass is 32.2. The first-order valence-corrected chi connectivity index (χ1v) is 17.6. The first kappa shape index (κ1) is 34.9. The van der Waals surface area contributed by atoms with Gasteiger partial charge in [0.2, 0.25) is 0 Å². The fraction of sp³-hybridized carbons (Fsp3) is 0.220. The number of amides is 2. The molecule has 4 N–H and O–H groups in total. The van der Waals surface area contributed by atoms with Crippen LogP contribution in [-0.4, -0.2) is 34.1 Å². The molecule has 5 aromatic rings. The van der Waals surface area contributed by atoms with E-state index in [0.29, 0.717) is 23.7 Å². The van der Waals surface area contributed by atoms with Crippen molar-refractivity contribution >= 4 is 23.8 Å². The van der Waals surface area contributed by atoms with Gasteiger partial charge in [0.1, 0.15) is 0 Å². The highest BCUT2D eigenvalue weighted by Gasteiger charge is 2.38. The van der Waals surface area contributed by atoms with E-state index in [2.05, 4.69) is 17.6 Å². The number of carboxylic acid groups (broad SMARTS) is 1. The van der Waals surface area contributed by atoms with Gasteiger partial charge in [-0.15, -0.1) is 11.8 Å².